The predicted octanol–water partition coefficient (Wildman–Crippen LogP) is 4.73. The zero-order valence-electron chi connectivity index (χ0n) is 18.0. The molecule has 1 aliphatic rings. The van der Waals surface area contributed by atoms with Gasteiger partial charge < -0.3 is 9.64 Å². The SMILES string of the molecule is COc1ccccc1C1=C(N(C)c2ccccc2)C(=O)N(c2cc(C)ccc2C)C1=O. The van der Waals surface area contributed by atoms with Crippen LogP contribution < -0.4 is 14.5 Å². The fourth-order valence-corrected chi connectivity index (χ4v) is 3.88. The fourth-order valence-electron chi connectivity index (χ4n) is 3.88. The number of para-hydroxylation sites is 2. The molecule has 0 saturated heterocycles. The highest BCUT2D eigenvalue weighted by Gasteiger charge is 2.43. The molecular weight excluding hydrogens is 388 g/mol. The maximum Gasteiger partial charge on any atom is 0.282 e. The number of carbonyl (C=O) groups is 2. The summed E-state index contributed by atoms with van der Waals surface area (Å²) < 4.78 is 5.52. The largest absolute Gasteiger partial charge is 0.496 e. The molecule has 2 amide bonds. The van der Waals surface area contributed by atoms with Gasteiger partial charge >= 0.3 is 0 Å². The Bertz CT molecular complexity index is 1200. The number of aryl methyl sites for hydroxylation is 2. The highest BCUT2D eigenvalue weighted by Crippen LogP contribution is 2.40. The quantitative estimate of drug-likeness (QED) is 0.569. The maximum absolute atomic E-state index is 13.8. The van der Waals surface area contributed by atoms with E-state index in [2.05, 4.69) is 0 Å². The van der Waals surface area contributed by atoms with Gasteiger partial charge in [0.15, 0.2) is 0 Å². The van der Waals surface area contributed by atoms with Gasteiger partial charge in [0.1, 0.15) is 11.4 Å². The van der Waals surface area contributed by atoms with Gasteiger partial charge in [0.2, 0.25) is 0 Å². The summed E-state index contributed by atoms with van der Waals surface area (Å²) in [5.74, 6) is -0.174. The van der Waals surface area contributed by atoms with Crippen LogP contribution in [-0.2, 0) is 9.59 Å². The zero-order chi connectivity index (χ0) is 22.1. The Labute approximate surface area is 182 Å². The lowest BCUT2D eigenvalue weighted by atomic mass is 10.0. The molecule has 5 nitrogen and oxygen atoms in total. The number of hydrogen-bond donors (Lipinski definition) is 0. The van der Waals surface area contributed by atoms with Crippen LogP contribution in [0.25, 0.3) is 5.57 Å². The number of ether oxygens (including phenoxy) is 1. The third-order valence-electron chi connectivity index (χ3n) is 5.52. The molecule has 1 heterocycles. The number of benzene rings is 3. The average molecular weight is 412 g/mol. The second kappa shape index (κ2) is 8.11. The van der Waals surface area contributed by atoms with Crippen LogP contribution in [0.15, 0.2) is 78.5 Å². The first-order valence-electron chi connectivity index (χ1n) is 10.1. The third-order valence-corrected chi connectivity index (χ3v) is 5.52. The number of anilines is 2. The van der Waals surface area contributed by atoms with Crippen molar-refractivity contribution in [1.29, 1.82) is 0 Å². The van der Waals surface area contributed by atoms with Gasteiger partial charge in [-0.05, 0) is 49.2 Å². The molecular formula is C26H24N2O3. The van der Waals surface area contributed by atoms with E-state index in [1.54, 1.807) is 25.1 Å². The van der Waals surface area contributed by atoms with E-state index in [4.69, 9.17) is 4.74 Å². The van der Waals surface area contributed by atoms with Crippen molar-refractivity contribution in [2.24, 2.45) is 0 Å². The van der Waals surface area contributed by atoms with Crippen LogP contribution in [0.2, 0.25) is 0 Å². The molecule has 0 bridgehead atoms. The van der Waals surface area contributed by atoms with E-state index in [1.807, 2.05) is 80.6 Å². The lowest BCUT2D eigenvalue weighted by Crippen LogP contribution is -2.34. The summed E-state index contributed by atoms with van der Waals surface area (Å²) in [6.45, 7) is 3.84. The van der Waals surface area contributed by atoms with Crippen LogP contribution >= 0.6 is 0 Å². The number of nitrogens with zero attached hydrogens (tertiary/aromatic N) is 2. The normalized spacial score (nSPS) is 13.7. The molecule has 0 unspecified atom stereocenters. The smallest absolute Gasteiger partial charge is 0.282 e. The molecule has 0 spiro atoms. The van der Waals surface area contributed by atoms with E-state index < -0.39 is 0 Å². The molecule has 156 valence electrons. The van der Waals surface area contributed by atoms with Gasteiger partial charge in [0.05, 0.1) is 18.4 Å². The minimum atomic E-state index is -0.360. The van der Waals surface area contributed by atoms with Gasteiger partial charge in [0.25, 0.3) is 11.8 Å². The Balaban J connectivity index is 1.95. The zero-order valence-corrected chi connectivity index (χ0v) is 18.0. The van der Waals surface area contributed by atoms with E-state index >= 15 is 0 Å². The first-order chi connectivity index (χ1) is 14.9. The lowest BCUT2D eigenvalue weighted by Gasteiger charge is -2.22. The van der Waals surface area contributed by atoms with E-state index in [0.717, 1.165) is 16.8 Å². The van der Waals surface area contributed by atoms with Gasteiger partial charge in [-0.3, -0.25) is 9.59 Å². The third kappa shape index (κ3) is 3.48. The topological polar surface area (TPSA) is 49.9 Å². The predicted molar refractivity (Wildman–Crippen MR) is 123 cm³/mol. The Morgan fingerprint density at radius 1 is 0.839 bits per heavy atom. The second-order valence-electron chi connectivity index (χ2n) is 7.55. The summed E-state index contributed by atoms with van der Waals surface area (Å²) >= 11 is 0. The van der Waals surface area contributed by atoms with Crippen molar-refractivity contribution in [2.75, 3.05) is 24.0 Å². The summed E-state index contributed by atoms with van der Waals surface area (Å²) in [7, 11) is 3.36. The fraction of sp³-hybridized carbons (Fsp3) is 0.154. The van der Waals surface area contributed by atoms with Crippen molar-refractivity contribution in [3.63, 3.8) is 0 Å². The summed E-state index contributed by atoms with van der Waals surface area (Å²) in [5, 5.41) is 0. The molecule has 0 atom stereocenters. The molecule has 3 aromatic rings. The Hall–Kier alpha value is -3.86. The van der Waals surface area contributed by atoms with Crippen LogP contribution in [0, 0.1) is 13.8 Å². The van der Waals surface area contributed by atoms with E-state index in [9.17, 15) is 9.59 Å². The molecule has 31 heavy (non-hydrogen) atoms. The van der Waals surface area contributed by atoms with Crippen molar-refractivity contribution < 1.29 is 14.3 Å². The van der Waals surface area contributed by atoms with Crippen molar-refractivity contribution in [1.82, 2.24) is 0 Å². The Morgan fingerprint density at radius 2 is 1.52 bits per heavy atom. The standard InChI is InChI=1S/C26H24N2O3/c1-17-14-15-18(2)21(16-17)28-25(29)23(20-12-8-9-13-22(20)31-4)24(26(28)30)27(3)19-10-6-5-7-11-19/h5-16H,1-4H3. The molecule has 4 rings (SSSR count). The number of likely N-dealkylation sites (N-methyl/N-ethyl adjacent to an activating group) is 1. The molecule has 0 fully saturated rings. The van der Waals surface area contributed by atoms with Crippen LogP contribution in [0.5, 0.6) is 5.75 Å². The molecule has 3 aromatic carbocycles. The number of hydrogen-bond acceptors (Lipinski definition) is 4. The van der Waals surface area contributed by atoms with Gasteiger partial charge in [0, 0.05) is 18.3 Å². The van der Waals surface area contributed by atoms with Gasteiger partial charge in [-0.25, -0.2) is 4.90 Å². The molecule has 1 aliphatic heterocycles. The molecule has 0 saturated carbocycles. The van der Waals surface area contributed by atoms with E-state index in [1.165, 1.54) is 4.90 Å². The lowest BCUT2D eigenvalue weighted by molar-refractivity contribution is -0.120. The first kappa shape index (κ1) is 20.4. The molecule has 0 radical (unpaired) electrons. The highest BCUT2D eigenvalue weighted by atomic mass is 16.5. The Kier molecular flexibility index (Phi) is 5.34. The number of rotatable bonds is 5. The van der Waals surface area contributed by atoms with Crippen LogP contribution in [0.3, 0.4) is 0 Å². The summed E-state index contributed by atoms with van der Waals surface area (Å²) in [4.78, 5) is 30.6. The van der Waals surface area contributed by atoms with Gasteiger partial charge in [-0.2, -0.15) is 0 Å². The number of carbonyl (C=O) groups excluding carboxylic acids is 2. The van der Waals surface area contributed by atoms with E-state index in [0.29, 0.717) is 28.3 Å². The molecule has 0 N–H and O–H groups in total. The summed E-state index contributed by atoms with van der Waals surface area (Å²) in [5.41, 5.74) is 4.48. The maximum atomic E-state index is 13.8. The molecule has 0 aliphatic carbocycles. The Morgan fingerprint density at radius 3 is 2.23 bits per heavy atom. The van der Waals surface area contributed by atoms with Crippen LogP contribution in [-0.4, -0.2) is 26.0 Å². The molecule has 5 heteroatoms. The molecule has 0 aromatic heterocycles. The highest BCUT2D eigenvalue weighted by molar-refractivity contribution is 6.46. The van der Waals surface area contributed by atoms with Crippen molar-refractivity contribution >= 4 is 28.8 Å². The van der Waals surface area contributed by atoms with E-state index in [-0.39, 0.29) is 11.8 Å². The minimum absolute atomic E-state index is 0.321. The van der Waals surface area contributed by atoms with Crippen molar-refractivity contribution in [3.05, 3.63) is 95.2 Å². The van der Waals surface area contributed by atoms with Gasteiger partial charge in [-0.1, -0.05) is 48.5 Å². The second-order valence-corrected chi connectivity index (χ2v) is 7.55. The summed E-state index contributed by atoms with van der Waals surface area (Å²) in [6.07, 6.45) is 0. The monoisotopic (exact) mass is 412 g/mol. The summed E-state index contributed by atoms with van der Waals surface area (Å²) in [6, 6.07) is 22.6. The minimum Gasteiger partial charge on any atom is -0.496 e. The van der Waals surface area contributed by atoms with Crippen LogP contribution in [0.4, 0.5) is 11.4 Å². The number of amides is 2. The average Bonchev–Trinajstić information content (AvgIpc) is 3.05. The van der Waals surface area contributed by atoms with Crippen molar-refractivity contribution in [3.8, 4) is 5.75 Å². The van der Waals surface area contributed by atoms with Gasteiger partial charge in [-0.15, -0.1) is 0 Å². The van der Waals surface area contributed by atoms with Crippen molar-refractivity contribution in [2.45, 2.75) is 13.8 Å². The first-order valence-corrected chi connectivity index (χ1v) is 10.1. The number of imide groups is 1. The van der Waals surface area contributed by atoms with Crippen LogP contribution in [0.1, 0.15) is 16.7 Å². The number of methoxy groups -OCH3 is 1.